The van der Waals surface area contributed by atoms with Gasteiger partial charge in [-0.25, -0.2) is 0 Å². The quantitative estimate of drug-likeness (QED) is 0.104. The van der Waals surface area contributed by atoms with Crippen molar-refractivity contribution in [1.82, 2.24) is 0 Å². The van der Waals surface area contributed by atoms with E-state index < -0.39 is 22.2 Å². The molecule has 3 aliphatic rings. The summed E-state index contributed by atoms with van der Waals surface area (Å²) in [6.45, 7) is 27.7. The van der Waals surface area contributed by atoms with Crippen LogP contribution in [0.2, 0.25) is 36.3 Å². The van der Waals surface area contributed by atoms with Crippen molar-refractivity contribution in [1.29, 1.82) is 0 Å². The van der Waals surface area contributed by atoms with E-state index in [-0.39, 0.29) is 23.4 Å². The first-order chi connectivity index (χ1) is 19.7. The Balaban J connectivity index is 1.93. The van der Waals surface area contributed by atoms with E-state index in [0.29, 0.717) is 25.7 Å². The van der Waals surface area contributed by atoms with E-state index in [0.717, 1.165) is 32.1 Å². The zero-order chi connectivity index (χ0) is 31.2. The average molecular weight is 619 g/mol. The van der Waals surface area contributed by atoms with Gasteiger partial charge in [0.05, 0.1) is 31.5 Å². The van der Waals surface area contributed by atoms with Crippen LogP contribution >= 0.6 is 0 Å². The average Bonchev–Trinajstić information content (AvgIpc) is 3.20. The fraction of sp³-hybridized carbons (Fsp3) is 0.771. The highest BCUT2D eigenvalue weighted by atomic mass is 28.4. The molecular formula is C35H62O5Si2. The van der Waals surface area contributed by atoms with E-state index >= 15 is 0 Å². The normalized spacial score (nSPS) is 28.9. The Labute approximate surface area is 260 Å². The third-order valence-corrected chi connectivity index (χ3v) is 20.5. The van der Waals surface area contributed by atoms with E-state index in [4.69, 9.17) is 23.1 Å². The van der Waals surface area contributed by atoms with Crippen LogP contribution in [0.3, 0.4) is 0 Å². The van der Waals surface area contributed by atoms with Gasteiger partial charge in [-0.05, 0) is 91.2 Å². The van der Waals surface area contributed by atoms with Crippen molar-refractivity contribution in [2.75, 3.05) is 33.7 Å². The van der Waals surface area contributed by atoms with Crippen molar-refractivity contribution in [2.45, 2.75) is 129 Å². The molecule has 1 fully saturated rings. The molecule has 0 saturated heterocycles. The Morgan fingerprint density at radius 1 is 1.07 bits per heavy atom. The van der Waals surface area contributed by atoms with Crippen LogP contribution in [0.25, 0.3) is 0 Å². The second-order valence-electron chi connectivity index (χ2n) is 14.6. The third-order valence-electron chi connectivity index (χ3n) is 11.4. The molecule has 0 aromatic rings. The molecule has 0 aromatic heterocycles. The lowest BCUT2D eigenvalue weighted by Gasteiger charge is -2.52. The number of rotatable bonds is 15. The summed E-state index contributed by atoms with van der Waals surface area (Å²) in [6, 6.07) is 3.51. The lowest BCUT2D eigenvalue weighted by molar-refractivity contribution is -0.175. The molecule has 240 valence electrons. The smallest absolute Gasteiger partial charge is 0.192 e. The van der Waals surface area contributed by atoms with Gasteiger partial charge in [0.25, 0.3) is 0 Å². The van der Waals surface area contributed by atoms with Gasteiger partial charge in [0.2, 0.25) is 0 Å². The second kappa shape index (κ2) is 14.5. The highest BCUT2D eigenvalue weighted by molar-refractivity contribution is 6.74. The lowest BCUT2D eigenvalue weighted by atomic mass is 9.60. The number of fused-ring (bicyclic) bond motifs is 3. The van der Waals surface area contributed by atoms with Gasteiger partial charge < -0.3 is 23.1 Å². The molecule has 0 N–H and O–H groups in total. The monoisotopic (exact) mass is 618 g/mol. The fourth-order valence-corrected chi connectivity index (χ4v) is 11.2. The summed E-state index contributed by atoms with van der Waals surface area (Å²) in [5.74, 6) is 0.354. The Bertz CT molecular complexity index is 997. The summed E-state index contributed by atoms with van der Waals surface area (Å²) in [6.07, 6.45) is 14.5. The molecule has 3 aliphatic carbocycles. The Kier molecular flexibility index (Phi) is 12.3. The van der Waals surface area contributed by atoms with Crippen LogP contribution in [-0.4, -0.2) is 62.1 Å². The first-order valence-corrected chi connectivity index (χ1v) is 22.0. The van der Waals surface area contributed by atoms with Gasteiger partial charge in [0.15, 0.2) is 16.6 Å². The molecule has 42 heavy (non-hydrogen) atoms. The number of hydrogen-bond acceptors (Lipinski definition) is 5. The largest absolute Gasteiger partial charge is 0.413 e. The van der Waals surface area contributed by atoms with Crippen LogP contribution in [0, 0.1) is 11.3 Å². The minimum Gasteiger partial charge on any atom is -0.413 e. The maximum Gasteiger partial charge on any atom is 0.192 e. The van der Waals surface area contributed by atoms with Crippen molar-refractivity contribution < 1.29 is 23.1 Å². The molecule has 0 unspecified atom stereocenters. The molecular weight excluding hydrogens is 557 g/mol. The summed E-state index contributed by atoms with van der Waals surface area (Å²) in [5.41, 5.74) is 3.25. The van der Waals surface area contributed by atoms with E-state index in [1.807, 2.05) is 0 Å². The Morgan fingerprint density at radius 2 is 1.76 bits per heavy atom. The first-order valence-electron chi connectivity index (χ1n) is 16.5. The second-order valence-corrected chi connectivity index (χ2v) is 24.1. The zero-order valence-corrected chi connectivity index (χ0v) is 30.7. The van der Waals surface area contributed by atoms with E-state index in [9.17, 15) is 0 Å². The highest BCUT2D eigenvalue weighted by Gasteiger charge is 2.61. The van der Waals surface area contributed by atoms with Crippen molar-refractivity contribution in [3.63, 3.8) is 0 Å². The molecule has 3 rings (SSSR count). The van der Waals surface area contributed by atoms with Gasteiger partial charge in [-0.2, -0.15) is 0 Å². The molecule has 0 aliphatic heterocycles. The molecule has 7 heteroatoms. The standard InChI is InChI=1S/C35H62O5Si2/c1-12-42(13-2,14-3)39-23-15-16-29-26-30-20-21-34(8)31(17-18-32(34)40-41(10,11)33(5,6)7)35(30,22-19-28(29)4)38-27-37-25-24-36-9/h15-16,20,26,31-32H,4,12-14,17-19,21-25,27H2,1-3,5-11H3/b16-15+/t31-,32+,34+,35-/m1/s1. The maximum absolute atomic E-state index is 7.16. The van der Waals surface area contributed by atoms with Gasteiger partial charge in [0.1, 0.15) is 6.79 Å². The van der Waals surface area contributed by atoms with Crippen LogP contribution in [0.1, 0.15) is 80.6 Å². The minimum absolute atomic E-state index is 0.0172. The molecule has 0 bridgehead atoms. The topological polar surface area (TPSA) is 46.2 Å². The van der Waals surface area contributed by atoms with Crippen LogP contribution < -0.4 is 0 Å². The summed E-state index contributed by atoms with van der Waals surface area (Å²) in [4.78, 5) is 0. The number of methoxy groups -OCH3 is 1. The number of allylic oxidation sites excluding steroid dienone is 4. The summed E-state index contributed by atoms with van der Waals surface area (Å²) >= 11 is 0. The Hall–Kier alpha value is -0.806. The number of hydrogen-bond donors (Lipinski definition) is 0. The maximum atomic E-state index is 7.16. The third kappa shape index (κ3) is 7.52. The molecule has 1 saturated carbocycles. The van der Waals surface area contributed by atoms with Crippen molar-refractivity contribution >= 4 is 16.6 Å². The molecule has 4 atom stereocenters. The van der Waals surface area contributed by atoms with Gasteiger partial charge in [0, 0.05) is 18.4 Å². The molecule has 5 nitrogen and oxygen atoms in total. The molecule has 0 radical (unpaired) electrons. The van der Waals surface area contributed by atoms with Crippen LogP contribution in [0.15, 0.2) is 47.6 Å². The lowest BCUT2D eigenvalue weighted by Crippen LogP contribution is -2.55. The van der Waals surface area contributed by atoms with Gasteiger partial charge in [-0.3, -0.25) is 0 Å². The summed E-state index contributed by atoms with van der Waals surface area (Å²) in [7, 11) is -1.83. The summed E-state index contributed by atoms with van der Waals surface area (Å²) in [5, 5.41) is 0.182. The first kappa shape index (κ1) is 35.7. The number of ether oxygens (including phenoxy) is 3. The SMILES string of the molecule is C=C1CC[C@@]2(OCOCCOC)C(=CC[C@]3(C)[C@@H](O[Si](C)(C)C(C)(C)C)CC[C@H]32)C=C1/C=C/CO[Si](CC)(CC)CC. The van der Waals surface area contributed by atoms with Crippen LogP contribution in [0.5, 0.6) is 0 Å². The predicted molar refractivity (Wildman–Crippen MR) is 181 cm³/mol. The zero-order valence-electron chi connectivity index (χ0n) is 28.7. The van der Waals surface area contributed by atoms with Gasteiger partial charge >= 0.3 is 0 Å². The summed E-state index contributed by atoms with van der Waals surface area (Å²) < 4.78 is 31.7. The molecule has 0 amide bonds. The van der Waals surface area contributed by atoms with Crippen molar-refractivity contribution in [3.8, 4) is 0 Å². The Morgan fingerprint density at radius 3 is 2.38 bits per heavy atom. The van der Waals surface area contributed by atoms with Gasteiger partial charge in [-0.1, -0.05) is 73.3 Å². The highest BCUT2D eigenvalue weighted by Crippen LogP contribution is 2.61. The van der Waals surface area contributed by atoms with E-state index in [1.165, 1.54) is 34.9 Å². The van der Waals surface area contributed by atoms with E-state index in [1.54, 1.807) is 7.11 Å². The predicted octanol–water partition coefficient (Wildman–Crippen LogP) is 9.35. The fourth-order valence-electron chi connectivity index (χ4n) is 7.15. The van der Waals surface area contributed by atoms with Crippen LogP contribution in [0.4, 0.5) is 0 Å². The molecule has 0 spiro atoms. The van der Waals surface area contributed by atoms with E-state index in [2.05, 4.69) is 92.4 Å². The van der Waals surface area contributed by atoms with Crippen molar-refractivity contribution in [3.05, 3.63) is 47.6 Å². The van der Waals surface area contributed by atoms with Gasteiger partial charge in [-0.15, -0.1) is 0 Å². The van der Waals surface area contributed by atoms with Crippen LogP contribution in [-0.2, 0) is 23.1 Å². The molecule has 0 aromatic carbocycles. The minimum atomic E-state index is -1.92. The van der Waals surface area contributed by atoms with Crippen molar-refractivity contribution in [2.24, 2.45) is 11.3 Å². The molecule has 0 heterocycles.